The molecular formula is C21H19N3O6S. The molecule has 0 aliphatic rings. The molecule has 9 nitrogen and oxygen atoms in total. The van der Waals surface area contributed by atoms with Crippen LogP contribution in [0.2, 0.25) is 0 Å². The Labute approximate surface area is 178 Å². The number of nitrogens with zero attached hydrogens (tertiary/aromatic N) is 1. The molecule has 0 saturated carbocycles. The number of amides is 2. The van der Waals surface area contributed by atoms with E-state index in [0.717, 1.165) is 6.20 Å². The Hall–Kier alpha value is -3.76. The van der Waals surface area contributed by atoms with Crippen LogP contribution < -0.4 is 14.8 Å². The third-order valence-corrected chi connectivity index (χ3v) is 5.34. The first-order chi connectivity index (χ1) is 14.9. The molecule has 3 aromatic rings. The summed E-state index contributed by atoms with van der Waals surface area (Å²) in [7, 11) is -4.13. The molecule has 0 bridgehead atoms. The van der Waals surface area contributed by atoms with Crippen LogP contribution >= 0.6 is 0 Å². The SMILES string of the molecule is O=C(NS(=O)(=O)c1ccc(Oc2ccccc2)cc1)c1ccc(C(=O)NCCO)nc1. The topological polar surface area (TPSA) is 135 Å². The van der Waals surface area contributed by atoms with E-state index in [0.29, 0.717) is 11.5 Å². The number of aromatic nitrogens is 1. The normalized spacial score (nSPS) is 10.9. The summed E-state index contributed by atoms with van der Waals surface area (Å²) < 4.78 is 32.6. The van der Waals surface area contributed by atoms with Gasteiger partial charge in [0.15, 0.2) is 0 Å². The van der Waals surface area contributed by atoms with Crippen LogP contribution in [0.5, 0.6) is 11.5 Å². The van der Waals surface area contributed by atoms with Gasteiger partial charge >= 0.3 is 0 Å². The Kier molecular flexibility index (Phi) is 6.96. The Bertz CT molecular complexity index is 1150. The first kappa shape index (κ1) is 21.9. The first-order valence-electron chi connectivity index (χ1n) is 9.14. The highest BCUT2D eigenvalue weighted by molar-refractivity contribution is 7.90. The molecule has 10 heteroatoms. The van der Waals surface area contributed by atoms with Gasteiger partial charge in [0, 0.05) is 12.7 Å². The number of hydrogen-bond donors (Lipinski definition) is 3. The van der Waals surface area contributed by atoms with Crippen molar-refractivity contribution in [3.8, 4) is 11.5 Å². The van der Waals surface area contributed by atoms with Gasteiger partial charge in [-0.25, -0.2) is 13.1 Å². The zero-order chi connectivity index (χ0) is 22.3. The second kappa shape index (κ2) is 9.83. The van der Waals surface area contributed by atoms with E-state index in [-0.39, 0.29) is 29.3 Å². The van der Waals surface area contributed by atoms with Gasteiger partial charge in [-0.05, 0) is 48.5 Å². The van der Waals surface area contributed by atoms with E-state index in [1.54, 1.807) is 12.1 Å². The summed E-state index contributed by atoms with van der Waals surface area (Å²) in [5, 5.41) is 11.1. The number of pyridine rings is 1. The summed E-state index contributed by atoms with van der Waals surface area (Å²) in [6.45, 7) is -0.153. The number of benzene rings is 2. The minimum atomic E-state index is -4.13. The fourth-order valence-electron chi connectivity index (χ4n) is 2.47. The third kappa shape index (κ3) is 5.87. The van der Waals surface area contributed by atoms with Crippen molar-refractivity contribution in [2.75, 3.05) is 13.2 Å². The molecule has 31 heavy (non-hydrogen) atoms. The zero-order valence-electron chi connectivity index (χ0n) is 16.2. The average molecular weight is 441 g/mol. The number of hydrogen-bond acceptors (Lipinski definition) is 7. The fourth-order valence-corrected chi connectivity index (χ4v) is 3.45. The maximum absolute atomic E-state index is 12.5. The quantitative estimate of drug-likeness (QED) is 0.484. The van der Waals surface area contributed by atoms with Crippen molar-refractivity contribution in [2.24, 2.45) is 0 Å². The Morgan fingerprint density at radius 1 is 0.903 bits per heavy atom. The lowest BCUT2D eigenvalue weighted by molar-refractivity contribution is 0.0936. The summed E-state index contributed by atoms with van der Waals surface area (Å²) in [5.74, 6) is -0.367. The van der Waals surface area contributed by atoms with Crippen molar-refractivity contribution >= 4 is 21.8 Å². The number of carbonyl (C=O) groups excluding carboxylic acids is 2. The lowest BCUT2D eigenvalue weighted by atomic mass is 10.2. The van der Waals surface area contributed by atoms with E-state index >= 15 is 0 Å². The van der Waals surface area contributed by atoms with Crippen LogP contribution in [0.25, 0.3) is 0 Å². The van der Waals surface area contributed by atoms with E-state index in [2.05, 4.69) is 10.3 Å². The molecule has 0 spiro atoms. The van der Waals surface area contributed by atoms with Crippen LogP contribution in [0, 0.1) is 0 Å². The zero-order valence-corrected chi connectivity index (χ0v) is 17.0. The Balaban J connectivity index is 1.65. The number of ether oxygens (including phenoxy) is 1. The van der Waals surface area contributed by atoms with Crippen LogP contribution in [0.1, 0.15) is 20.8 Å². The summed E-state index contributed by atoms with van der Waals surface area (Å²) in [6, 6.07) is 17.2. The fraction of sp³-hybridized carbons (Fsp3) is 0.0952. The number of rotatable bonds is 8. The molecular weight excluding hydrogens is 422 g/mol. The molecule has 0 unspecified atom stereocenters. The molecule has 1 heterocycles. The van der Waals surface area contributed by atoms with Crippen LogP contribution in [0.4, 0.5) is 0 Å². The summed E-state index contributed by atoms with van der Waals surface area (Å²) >= 11 is 0. The molecule has 3 rings (SSSR count). The van der Waals surface area contributed by atoms with Gasteiger partial charge in [-0.1, -0.05) is 18.2 Å². The average Bonchev–Trinajstić information content (AvgIpc) is 2.78. The van der Waals surface area contributed by atoms with E-state index in [4.69, 9.17) is 9.84 Å². The molecule has 2 aromatic carbocycles. The molecule has 0 saturated heterocycles. The maximum atomic E-state index is 12.5. The van der Waals surface area contributed by atoms with E-state index < -0.39 is 21.8 Å². The second-order valence-corrected chi connectivity index (χ2v) is 7.92. The van der Waals surface area contributed by atoms with Gasteiger partial charge in [0.25, 0.3) is 21.8 Å². The molecule has 3 N–H and O–H groups in total. The molecule has 0 aliphatic heterocycles. The van der Waals surface area contributed by atoms with E-state index in [1.807, 2.05) is 22.9 Å². The third-order valence-electron chi connectivity index (χ3n) is 4.00. The molecule has 0 aliphatic carbocycles. The minimum Gasteiger partial charge on any atom is -0.457 e. The van der Waals surface area contributed by atoms with Gasteiger partial charge in [-0.3, -0.25) is 14.6 Å². The number of sulfonamides is 1. The number of para-hydroxylation sites is 1. The largest absolute Gasteiger partial charge is 0.457 e. The van der Waals surface area contributed by atoms with Crippen molar-refractivity contribution < 1.29 is 27.9 Å². The molecule has 160 valence electrons. The van der Waals surface area contributed by atoms with Crippen molar-refractivity contribution in [3.05, 3.63) is 84.2 Å². The summed E-state index contributed by atoms with van der Waals surface area (Å²) in [6.07, 6.45) is 1.09. The molecule has 2 amide bonds. The van der Waals surface area contributed by atoms with Crippen molar-refractivity contribution in [1.29, 1.82) is 0 Å². The lowest BCUT2D eigenvalue weighted by Crippen LogP contribution is -2.31. The highest BCUT2D eigenvalue weighted by atomic mass is 32.2. The van der Waals surface area contributed by atoms with Crippen molar-refractivity contribution in [2.45, 2.75) is 4.90 Å². The number of aliphatic hydroxyl groups is 1. The van der Waals surface area contributed by atoms with Gasteiger partial charge in [0.05, 0.1) is 17.1 Å². The van der Waals surface area contributed by atoms with Gasteiger partial charge in [-0.2, -0.15) is 0 Å². The second-order valence-electron chi connectivity index (χ2n) is 6.23. The number of nitrogens with one attached hydrogen (secondary N) is 2. The predicted molar refractivity (Wildman–Crippen MR) is 111 cm³/mol. The van der Waals surface area contributed by atoms with Gasteiger partial charge < -0.3 is 15.2 Å². The van der Waals surface area contributed by atoms with Crippen molar-refractivity contribution in [3.63, 3.8) is 0 Å². The smallest absolute Gasteiger partial charge is 0.269 e. The minimum absolute atomic E-state index is 0.0295. The monoisotopic (exact) mass is 441 g/mol. The molecule has 0 fully saturated rings. The Morgan fingerprint density at radius 2 is 1.58 bits per heavy atom. The summed E-state index contributed by atoms with van der Waals surface area (Å²) in [5.41, 5.74) is -0.00632. The Morgan fingerprint density at radius 3 is 2.19 bits per heavy atom. The summed E-state index contributed by atoms with van der Waals surface area (Å²) in [4.78, 5) is 27.8. The number of carbonyl (C=O) groups is 2. The standard InChI is InChI=1S/C21H19N3O6S/c25-13-12-22-21(27)19-11-6-15(14-23-19)20(26)24-31(28,29)18-9-7-17(8-10-18)30-16-4-2-1-3-5-16/h1-11,14,25H,12-13H2,(H,22,27)(H,24,26). The lowest BCUT2D eigenvalue weighted by Gasteiger charge is -2.09. The van der Waals surface area contributed by atoms with E-state index in [1.165, 1.54) is 36.4 Å². The first-order valence-corrected chi connectivity index (χ1v) is 10.6. The molecule has 0 radical (unpaired) electrons. The van der Waals surface area contributed by atoms with E-state index in [9.17, 15) is 18.0 Å². The molecule has 1 aromatic heterocycles. The molecule has 0 atom stereocenters. The van der Waals surface area contributed by atoms with Gasteiger partial charge in [0.2, 0.25) is 0 Å². The van der Waals surface area contributed by atoms with Crippen LogP contribution in [0.3, 0.4) is 0 Å². The highest BCUT2D eigenvalue weighted by Crippen LogP contribution is 2.22. The van der Waals surface area contributed by atoms with Crippen LogP contribution in [-0.4, -0.2) is 43.5 Å². The predicted octanol–water partition coefficient (Wildman–Crippen LogP) is 1.71. The maximum Gasteiger partial charge on any atom is 0.269 e. The number of aliphatic hydroxyl groups excluding tert-OH is 1. The highest BCUT2D eigenvalue weighted by Gasteiger charge is 2.19. The van der Waals surface area contributed by atoms with Crippen LogP contribution in [-0.2, 0) is 10.0 Å². The van der Waals surface area contributed by atoms with Gasteiger partial charge in [-0.15, -0.1) is 0 Å². The van der Waals surface area contributed by atoms with Gasteiger partial charge in [0.1, 0.15) is 17.2 Å². The van der Waals surface area contributed by atoms with Crippen molar-refractivity contribution in [1.82, 2.24) is 15.0 Å². The van der Waals surface area contributed by atoms with Crippen LogP contribution in [0.15, 0.2) is 77.8 Å².